The molecule has 0 unspecified atom stereocenters. The van der Waals surface area contributed by atoms with E-state index in [0.29, 0.717) is 44.7 Å². The number of nitrogens with one attached hydrogen (secondary N) is 1. The molecule has 1 saturated carbocycles. The Bertz CT molecular complexity index is 837. The Balaban J connectivity index is 1.33. The minimum absolute atomic E-state index is 0.00585. The first-order valence-electron chi connectivity index (χ1n) is 10.8. The summed E-state index contributed by atoms with van der Waals surface area (Å²) in [4.78, 5) is 16.2. The number of carbonyl (C=O) groups excluding carboxylic acids is 1. The molecule has 2 heterocycles. The molecule has 6 nitrogen and oxygen atoms in total. The summed E-state index contributed by atoms with van der Waals surface area (Å²) in [5, 5.41) is 0. The van der Waals surface area contributed by atoms with E-state index in [4.69, 9.17) is 0 Å². The van der Waals surface area contributed by atoms with E-state index in [1.807, 2.05) is 0 Å². The van der Waals surface area contributed by atoms with Crippen LogP contribution >= 0.6 is 0 Å². The highest BCUT2D eigenvalue weighted by Gasteiger charge is 2.38. The van der Waals surface area contributed by atoms with Gasteiger partial charge in [-0.25, -0.2) is 12.8 Å². The number of sulfonamides is 1. The van der Waals surface area contributed by atoms with Gasteiger partial charge in [-0.15, -0.1) is 0 Å². The Morgan fingerprint density at radius 1 is 1.07 bits per heavy atom. The minimum atomic E-state index is -3.69. The molecule has 2 saturated heterocycles. The van der Waals surface area contributed by atoms with Crippen LogP contribution in [0.25, 0.3) is 0 Å². The molecule has 3 fully saturated rings. The highest BCUT2D eigenvalue weighted by Crippen LogP contribution is 2.35. The van der Waals surface area contributed by atoms with E-state index in [-0.39, 0.29) is 10.8 Å². The number of hydrogen-bond donors (Lipinski definition) is 1. The number of piperidine rings is 1. The van der Waals surface area contributed by atoms with E-state index in [1.54, 1.807) is 0 Å². The lowest BCUT2D eigenvalue weighted by Crippen LogP contribution is -3.15. The zero-order chi connectivity index (χ0) is 20.4. The second-order valence-corrected chi connectivity index (χ2v) is 10.6. The SMILES string of the molecule is O=C(C[NH+]1CCN(S(=O)(=O)c2cccc(F)c2)CC1)N1CCC[C@H]2CCCC[C@H]21. The summed E-state index contributed by atoms with van der Waals surface area (Å²) in [5.74, 6) is 0.339. The fraction of sp³-hybridized carbons (Fsp3) is 0.667. The molecule has 0 aromatic heterocycles. The third-order valence-corrected chi connectivity index (χ3v) is 8.72. The van der Waals surface area contributed by atoms with Gasteiger partial charge in [0.15, 0.2) is 6.54 Å². The first-order valence-corrected chi connectivity index (χ1v) is 12.3. The van der Waals surface area contributed by atoms with Gasteiger partial charge in [-0.05, 0) is 49.8 Å². The molecule has 2 atom stereocenters. The van der Waals surface area contributed by atoms with E-state index >= 15 is 0 Å². The van der Waals surface area contributed by atoms with Gasteiger partial charge in [0.1, 0.15) is 5.82 Å². The maximum absolute atomic E-state index is 13.4. The number of nitrogens with zero attached hydrogens (tertiary/aromatic N) is 2. The standard InChI is InChI=1S/C21H30FN3O3S/c22-18-7-3-8-19(15-18)29(27,28)24-13-11-23(12-14-24)16-21(26)25-10-4-6-17-5-1-2-9-20(17)25/h3,7-8,15,17,20H,1-2,4-6,9-14,16H2/p+1/t17-,20-/m1/s1. The van der Waals surface area contributed by atoms with Gasteiger partial charge in [0.2, 0.25) is 10.0 Å². The molecule has 29 heavy (non-hydrogen) atoms. The maximum Gasteiger partial charge on any atom is 0.278 e. The van der Waals surface area contributed by atoms with E-state index in [1.165, 1.54) is 48.2 Å². The average Bonchev–Trinajstić information content (AvgIpc) is 2.73. The lowest BCUT2D eigenvalue weighted by atomic mass is 9.78. The number of piperazine rings is 1. The van der Waals surface area contributed by atoms with Crippen molar-refractivity contribution >= 4 is 15.9 Å². The zero-order valence-corrected chi connectivity index (χ0v) is 17.7. The van der Waals surface area contributed by atoms with Crippen molar-refractivity contribution in [2.24, 2.45) is 5.92 Å². The van der Waals surface area contributed by atoms with Crippen molar-refractivity contribution in [3.63, 3.8) is 0 Å². The number of amides is 1. The molecule has 1 aliphatic carbocycles. The van der Waals surface area contributed by atoms with Crippen LogP contribution in [0.4, 0.5) is 4.39 Å². The van der Waals surface area contributed by atoms with Crippen LogP contribution < -0.4 is 4.90 Å². The molecule has 1 aromatic rings. The summed E-state index contributed by atoms with van der Waals surface area (Å²) in [7, 11) is -3.69. The monoisotopic (exact) mass is 424 g/mol. The van der Waals surface area contributed by atoms with Gasteiger partial charge in [-0.1, -0.05) is 18.9 Å². The van der Waals surface area contributed by atoms with E-state index < -0.39 is 15.8 Å². The van der Waals surface area contributed by atoms with Gasteiger partial charge in [-0.2, -0.15) is 4.31 Å². The normalized spacial score (nSPS) is 26.9. The van der Waals surface area contributed by atoms with Crippen molar-refractivity contribution in [3.05, 3.63) is 30.1 Å². The molecule has 8 heteroatoms. The van der Waals surface area contributed by atoms with Gasteiger partial charge >= 0.3 is 0 Å². The van der Waals surface area contributed by atoms with Crippen LogP contribution in [0.1, 0.15) is 38.5 Å². The predicted molar refractivity (Wildman–Crippen MR) is 107 cm³/mol. The number of rotatable bonds is 4. The average molecular weight is 425 g/mol. The molecule has 4 rings (SSSR count). The van der Waals surface area contributed by atoms with Gasteiger partial charge in [0, 0.05) is 12.6 Å². The fourth-order valence-corrected chi connectivity index (χ4v) is 6.72. The fourth-order valence-electron chi connectivity index (χ4n) is 5.25. The smallest absolute Gasteiger partial charge is 0.278 e. The van der Waals surface area contributed by atoms with Gasteiger partial charge in [0.05, 0.1) is 31.1 Å². The molecule has 2 aliphatic heterocycles. The Morgan fingerprint density at radius 3 is 2.55 bits per heavy atom. The Morgan fingerprint density at radius 2 is 1.79 bits per heavy atom. The van der Waals surface area contributed by atoms with E-state index in [9.17, 15) is 17.6 Å². The first-order chi connectivity index (χ1) is 13.9. The summed E-state index contributed by atoms with van der Waals surface area (Å²) in [5.41, 5.74) is 0. The largest absolute Gasteiger partial charge is 0.335 e. The van der Waals surface area contributed by atoms with E-state index in [2.05, 4.69) is 4.90 Å². The molecule has 0 spiro atoms. The molecule has 1 amide bonds. The molecular weight excluding hydrogens is 393 g/mol. The lowest BCUT2D eigenvalue weighted by molar-refractivity contribution is -0.896. The van der Waals surface area contributed by atoms with Crippen LogP contribution in [0, 0.1) is 11.7 Å². The summed E-state index contributed by atoms with van der Waals surface area (Å²) in [6.07, 6.45) is 7.23. The maximum atomic E-state index is 13.4. The number of fused-ring (bicyclic) bond motifs is 1. The van der Waals surface area contributed by atoms with Gasteiger partial charge < -0.3 is 9.80 Å². The summed E-state index contributed by atoms with van der Waals surface area (Å²) in [6.45, 7) is 3.22. The van der Waals surface area contributed by atoms with E-state index in [0.717, 1.165) is 30.4 Å². The Kier molecular flexibility index (Phi) is 6.22. The van der Waals surface area contributed by atoms with Gasteiger partial charge in [-0.3, -0.25) is 4.79 Å². The molecule has 0 radical (unpaired) electrons. The highest BCUT2D eigenvalue weighted by molar-refractivity contribution is 7.89. The number of halogens is 1. The van der Waals surface area contributed by atoms with Crippen molar-refractivity contribution < 1.29 is 22.5 Å². The molecule has 1 N–H and O–H groups in total. The quantitative estimate of drug-likeness (QED) is 0.781. The number of carbonyl (C=O) groups is 1. The lowest BCUT2D eigenvalue weighted by Gasteiger charge is -2.44. The van der Waals surface area contributed by atoms with Crippen LogP contribution in [0.3, 0.4) is 0 Å². The number of benzene rings is 1. The number of hydrogen-bond acceptors (Lipinski definition) is 3. The molecule has 1 aromatic carbocycles. The highest BCUT2D eigenvalue weighted by atomic mass is 32.2. The Labute approximate surface area is 172 Å². The third-order valence-electron chi connectivity index (χ3n) is 6.83. The van der Waals surface area contributed by atoms with Crippen LogP contribution in [-0.4, -0.2) is 68.8 Å². The summed E-state index contributed by atoms with van der Waals surface area (Å²) < 4.78 is 40.3. The second-order valence-electron chi connectivity index (χ2n) is 8.63. The minimum Gasteiger partial charge on any atom is -0.335 e. The van der Waals surface area contributed by atoms with Crippen LogP contribution in [0.15, 0.2) is 29.2 Å². The number of likely N-dealkylation sites (tertiary alicyclic amines) is 1. The van der Waals surface area contributed by atoms with Crippen molar-refractivity contribution in [2.45, 2.75) is 49.5 Å². The zero-order valence-electron chi connectivity index (χ0n) is 16.9. The van der Waals surface area contributed by atoms with Crippen molar-refractivity contribution in [2.75, 3.05) is 39.3 Å². The summed E-state index contributed by atoms with van der Waals surface area (Å²) >= 11 is 0. The predicted octanol–water partition coefficient (Wildman–Crippen LogP) is 0.896. The van der Waals surface area contributed by atoms with Crippen molar-refractivity contribution in [3.8, 4) is 0 Å². The molecular formula is C21H31FN3O3S+. The number of quaternary nitrogens is 1. The summed E-state index contributed by atoms with van der Waals surface area (Å²) in [6, 6.07) is 5.57. The topological polar surface area (TPSA) is 62.1 Å². The second kappa shape index (κ2) is 8.70. The molecule has 160 valence electrons. The van der Waals surface area contributed by atoms with Crippen LogP contribution in [0.2, 0.25) is 0 Å². The molecule has 0 bridgehead atoms. The third kappa shape index (κ3) is 4.49. The first kappa shape index (κ1) is 20.8. The molecule has 3 aliphatic rings. The van der Waals surface area contributed by atoms with Crippen LogP contribution in [0.5, 0.6) is 0 Å². The van der Waals surface area contributed by atoms with Gasteiger partial charge in [0.25, 0.3) is 5.91 Å². The van der Waals surface area contributed by atoms with Crippen molar-refractivity contribution in [1.29, 1.82) is 0 Å². The van der Waals surface area contributed by atoms with Crippen molar-refractivity contribution in [1.82, 2.24) is 9.21 Å². The Hall–Kier alpha value is -1.51. The van der Waals surface area contributed by atoms with Crippen LogP contribution in [-0.2, 0) is 14.8 Å².